The van der Waals surface area contributed by atoms with Crippen molar-refractivity contribution in [3.8, 4) is 0 Å². The van der Waals surface area contributed by atoms with Gasteiger partial charge < -0.3 is 20.0 Å². The lowest BCUT2D eigenvalue weighted by atomic mass is 9.88. The van der Waals surface area contributed by atoms with Crippen molar-refractivity contribution >= 4 is 23.4 Å². The van der Waals surface area contributed by atoms with Crippen LogP contribution in [0.4, 0.5) is 5.69 Å². The maximum absolute atomic E-state index is 13.7. The molecule has 7 heteroatoms. The van der Waals surface area contributed by atoms with Crippen LogP contribution < -0.4 is 10.6 Å². The molecule has 0 radical (unpaired) electrons. The molecular formula is C27H35N3O4. The molecule has 3 amide bonds. The lowest BCUT2D eigenvalue weighted by Gasteiger charge is -2.43. The number of nitrogens with zero attached hydrogens (tertiary/aromatic N) is 1. The minimum absolute atomic E-state index is 0.00394. The van der Waals surface area contributed by atoms with Gasteiger partial charge >= 0.3 is 0 Å². The van der Waals surface area contributed by atoms with Crippen molar-refractivity contribution in [2.24, 2.45) is 0 Å². The van der Waals surface area contributed by atoms with E-state index in [1.807, 2.05) is 0 Å². The van der Waals surface area contributed by atoms with Gasteiger partial charge in [-0.3, -0.25) is 14.4 Å². The first-order chi connectivity index (χ1) is 16.5. The van der Waals surface area contributed by atoms with Gasteiger partial charge in [-0.25, -0.2) is 0 Å². The Morgan fingerprint density at radius 2 is 1.47 bits per heavy atom. The third-order valence-corrected chi connectivity index (χ3v) is 7.07. The van der Waals surface area contributed by atoms with Crippen LogP contribution in [0.2, 0.25) is 0 Å². The summed E-state index contributed by atoms with van der Waals surface area (Å²) >= 11 is 0. The number of benzene rings is 1. The number of furan rings is 1. The lowest BCUT2D eigenvalue weighted by molar-refractivity contribution is -0.139. The summed E-state index contributed by atoms with van der Waals surface area (Å²) in [7, 11) is 0. The number of hydrogen-bond acceptors (Lipinski definition) is 4. The molecule has 2 N–H and O–H groups in total. The minimum atomic E-state index is -0.648. The third-order valence-electron chi connectivity index (χ3n) is 7.07. The van der Waals surface area contributed by atoms with Gasteiger partial charge in [-0.1, -0.05) is 50.7 Å². The van der Waals surface area contributed by atoms with Gasteiger partial charge in [-0.05, 0) is 56.9 Å². The SMILES string of the molecule is C[C@@H](NC(=O)c1ccccc1NC(=O)c1ccco1)C(=O)N(C1CCCCC1)C1CCCCC1. The third kappa shape index (κ3) is 5.69. The van der Waals surface area contributed by atoms with Crippen molar-refractivity contribution in [1.29, 1.82) is 0 Å². The summed E-state index contributed by atoms with van der Waals surface area (Å²) in [6, 6.07) is 9.87. The molecule has 0 aliphatic heterocycles. The second-order valence-electron chi connectivity index (χ2n) is 9.50. The highest BCUT2D eigenvalue weighted by molar-refractivity contribution is 6.08. The standard InChI is InChI=1S/C27H35N3O4/c1-19(27(33)30(20-11-4-2-5-12-20)21-13-6-3-7-14-21)28-25(31)22-15-8-9-16-23(22)29-26(32)24-17-10-18-34-24/h8-10,15-21H,2-7,11-14H2,1H3,(H,28,31)(H,29,32)/t19-/m1/s1. The average Bonchev–Trinajstić information content (AvgIpc) is 3.41. The van der Waals surface area contributed by atoms with Crippen LogP contribution in [0.1, 0.15) is 92.0 Å². The van der Waals surface area contributed by atoms with Gasteiger partial charge in [-0.15, -0.1) is 0 Å². The van der Waals surface area contributed by atoms with Crippen molar-refractivity contribution in [3.63, 3.8) is 0 Å². The zero-order valence-corrected chi connectivity index (χ0v) is 19.9. The first-order valence-corrected chi connectivity index (χ1v) is 12.6. The molecule has 0 spiro atoms. The van der Waals surface area contributed by atoms with Gasteiger partial charge in [0.05, 0.1) is 17.5 Å². The molecule has 2 aliphatic rings. The Kier molecular flexibility index (Phi) is 8.03. The number of para-hydroxylation sites is 1. The zero-order valence-electron chi connectivity index (χ0n) is 19.9. The van der Waals surface area contributed by atoms with E-state index in [0.29, 0.717) is 11.3 Å². The first kappa shape index (κ1) is 24.0. The molecule has 4 rings (SSSR count). The molecule has 1 atom stereocenters. The van der Waals surface area contributed by atoms with Crippen molar-refractivity contribution in [2.75, 3.05) is 5.32 Å². The van der Waals surface area contributed by atoms with Crippen molar-refractivity contribution in [3.05, 3.63) is 54.0 Å². The zero-order chi connectivity index (χ0) is 23.9. The number of nitrogens with one attached hydrogen (secondary N) is 2. The van der Waals surface area contributed by atoms with Gasteiger partial charge in [0.1, 0.15) is 6.04 Å². The Morgan fingerprint density at radius 3 is 2.06 bits per heavy atom. The van der Waals surface area contributed by atoms with Gasteiger partial charge in [-0.2, -0.15) is 0 Å². The number of anilines is 1. The van der Waals surface area contributed by atoms with Crippen LogP contribution in [0.25, 0.3) is 0 Å². The Hall–Kier alpha value is -3.09. The molecule has 2 saturated carbocycles. The number of hydrogen-bond donors (Lipinski definition) is 2. The van der Waals surface area contributed by atoms with Crippen LogP contribution >= 0.6 is 0 Å². The van der Waals surface area contributed by atoms with E-state index in [4.69, 9.17) is 4.42 Å². The fourth-order valence-corrected chi connectivity index (χ4v) is 5.32. The van der Waals surface area contributed by atoms with Crippen molar-refractivity contribution < 1.29 is 18.8 Å². The molecule has 2 aliphatic carbocycles. The van der Waals surface area contributed by atoms with Crippen LogP contribution in [0.5, 0.6) is 0 Å². The summed E-state index contributed by atoms with van der Waals surface area (Å²) in [6.45, 7) is 1.77. The van der Waals surface area contributed by atoms with E-state index in [1.54, 1.807) is 43.3 Å². The van der Waals surface area contributed by atoms with E-state index >= 15 is 0 Å². The largest absolute Gasteiger partial charge is 0.459 e. The molecule has 0 bridgehead atoms. The summed E-state index contributed by atoms with van der Waals surface area (Å²) in [5, 5.41) is 5.63. The molecule has 7 nitrogen and oxygen atoms in total. The van der Waals surface area contributed by atoms with E-state index in [2.05, 4.69) is 15.5 Å². The van der Waals surface area contributed by atoms with Crippen LogP contribution in [-0.4, -0.2) is 40.7 Å². The van der Waals surface area contributed by atoms with Crippen LogP contribution in [0.3, 0.4) is 0 Å². The van der Waals surface area contributed by atoms with E-state index in [0.717, 1.165) is 51.4 Å². The summed E-state index contributed by atoms with van der Waals surface area (Å²) in [5.74, 6) is -0.655. The highest BCUT2D eigenvalue weighted by atomic mass is 16.3. The fraction of sp³-hybridized carbons (Fsp3) is 0.519. The Bertz CT molecular complexity index is 958. The molecule has 1 aromatic carbocycles. The number of rotatable bonds is 7. The van der Waals surface area contributed by atoms with E-state index in [9.17, 15) is 14.4 Å². The van der Waals surface area contributed by atoms with Crippen LogP contribution in [0, 0.1) is 0 Å². The molecule has 182 valence electrons. The number of carbonyl (C=O) groups excluding carboxylic acids is 3. The second kappa shape index (κ2) is 11.4. The Labute approximate surface area is 201 Å². The summed E-state index contributed by atoms with van der Waals surface area (Å²) < 4.78 is 5.14. The summed E-state index contributed by atoms with van der Waals surface area (Å²) in [4.78, 5) is 41.4. The molecular weight excluding hydrogens is 430 g/mol. The van der Waals surface area contributed by atoms with Crippen molar-refractivity contribution in [1.82, 2.24) is 10.2 Å². The van der Waals surface area contributed by atoms with Gasteiger partial charge in [0.2, 0.25) is 5.91 Å². The average molecular weight is 466 g/mol. The monoisotopic (exact) mass is 465 g/mol. The normalized spacial score (nSPS) is 18.1. The Balaban J connectivity index is 1.46. The topological polar surface area (TPSA) is 91.6 Å². The smallest absolute Gasteiger partial charge is 0.291 e. The first-order valence-electron chi connectivity index (χ1n) is 12.6. The van der Waals surface area contributed by atoms with Crippen LogP contribution in [-0.2, 0) is 4.79 Å². The van der Waals surface area contributed by atoms with Crippen molar-refractivity contribution in [2.45, 2.75) is 89.3 Å². The highest BCUT2D eigenvalue weighted by Gasteiger charge is 2.35. The van der Waals surface area contributed by atoms with Crippen LogP contribution in [0.15, 0.2) is 47.1 Å². The summed E-state index contributed by atoms with van der Waals surface area (Å²) in [6.07, 6.45) is 12.7. The molecule has 34 heavy (non-hydrogen) atoms. The number of amides is 3. The fourth-order valence-electron chi connectivity index (χ4n) is 5.32. The van der Waals surface area contributed by atoms with Gasteiger partial charge in [0, 0.05) is 12.1 Å². The lowest BCUT2D eigenvalue weighted by Crippen LogP contribution is -2.55. The predicted molar refractivity (Wildman–Crippen MR) is 131 cm³/mol. The summed E-state index contributed by atoms with van der Waals surface area (Å²) in [5.41, 5.74) is 0.682. The molecule has 2 fully saturated rings. The molecule has 0 saturated heterocycles. The molecule has 1 aromatic heterocycles. The minimum Gasteiger partial charge on any atom is -0.459 e. The Morgan fingerprint density at radius 1 is 0.853 bits per heavy atom. The van der Waals surface area contributed by atoms with E-state index in [-0.39, 0.29) is 29.7 Å². The molecule has 2 aromatic rings. The number of carbonyl (C=O) groups is 3. The van der Waals surface area contributed by atoms with Gasteiger partial charge in [0.15, 0.2) is 5.76 Å². The quantitative estimate of drug-likeness (QED) is 0.592. The highest BCUT2D eigenvalue weighted by Crippen LogP contribution is 2.31. The second-order valence-corrected chi connectivity index (χ2v) is 9.50. The maximum Gasteiger partial charge on any atom is 0.291 e. The maximum atomic E-state index is 13.7. The molecule has 0 unspecified atom stereocenters. The van der Waals surface area contributed by atoms with E-state index in [1.165, 1.54) is 19.1 Å². The molecule has 1 heterocycles. The predicted octanol–water partition coefficient (Wildman–Crippen LogP) is 5.14. The van der Waals surface area contributed by atoms with Gasteiger partial charge in [0.25, 0.3) is 11.8 Å². The van der Waals surface area contributed by atoms with E-state index < -0.39 is 11.9 Å².